The van der Waals surface area contributed by atoms with Crippen molar-refractivity contribution in [3.63, 3.8) is 0 Å². The Morgan fingerprint density at radius 1 is 0.636 bits per heavy atom. The summed E-state index contributed by atoms with van der Waals surface area (Å²) in [6.07, 6.45) is 0. The van der Waals surface area contributed by atoms with Crippen molar-refractivity contribution in [2.24, 2.45) is 0 Å². The molecule has 0 amide bonds. The zero-order valence-electron chi connectivity index (χ0n) is 10.4. The van der Waals surface area contributed by atoms with Crippen molar-refractivity contribution < 1.29 is 69.2 Å². The van der Waals surface area contributed by atoms with Gasteiger partial charge in [0, 0.05) is 11.9 Å². The Kier molecular flexibility index (Phi) is 70.4. The fourth-order valence-corrected chi connectivity index (χ4v) is 0. The standard InChI is InChI=1S/2C2H4O2.2Fe.3NO3/c2*1-2(3)4;;;3*2-1(3)4/h2*1H3,(H,3,4);;;;;/q;;+2;+3;3*-1/p-2. The molecular weight excluding hydrogens is 410 g/mol. The van der Waals surface area contributed by atoms with Crippen LogP contribution in [0.15, 0.2) is 0 Å². The van der Waals surface area contributed by atoms with E-state index in [1.807, 2.05) is 0 Å². The molecule has 0 saturated heterocycles. The summed E-state index contributed by atoms with van der Waals surface area (Å²) in [5.74, 6) is -2.17. The second-order valence-corrected chi connectivity index (χ2v) is 1.65. The molecule has 0 spiro atoms. The average molecular weight is 416 g/mol. The summed E-state index contributed by atoms with van der Waals surface area (Å²) >= 11 is 0. The van der Waals surface area contributed by atoms with Crippen LogP contribution in [0.25, 0.3) is 0 Å². The number of nitrogens with zero attached hydrogens (tertiary/aromatic N) is 3. The summed E-state index contributed by atoms with van der Waals surface area (Å²) < 4.78 is 0. The second kappa shape index (κ2) is 36.3. The number of carboxylic acids is 2. The number of carboxylic acid groups (broad SMARTS) is 2. The monoisotopic (exact) mass is 416 g/mol. The predicted octanol–water partition coefficient (Wildman–Crippen LogP) is -3.21. The Bertz CT molecular complexity index is 220. The molecule has 18 heteroatoms. The predicted molar refractivity (Wildman–Crippen MR) is 52.4 cm³/mol. The summed E-state index contributed by atoms with van der Waals surface area (Å²) in [7, 11) is 0. The molecule has 0 rings (SSSR count). The van der Waals surface area contributed by atoms with Gasteiger partial charge in [-0.15, -0.1) is 0 Å². The normalized spacial score (nSPS) is 5.55. The maximum Gasteiger partial charge on any atom is 3.00 e. The zero-order chi connectivity index (χ0) is 17.9. The van der Waals surface area contributed by atoms with Gasteiger partial charge < -0.3 is 65.8 Å². The van der Waals surface area contributed by atoms with Gasteiger partial charge in [-0.1, -0.05) is 0 Å². The first kappa shape index (κ1) is 42.7. The van der Waals surface area contributed by atoms with Crippen LogP contribution in [0.2, 0.25) is 0 Å². The summed E-state index contributed by atoms with van der Waals surface area (Å²) in [5, 5.41) is 62.0. The molecule has 0 N–H and O–H groups in total. The minimum Gasteiger partial charge on any atom is -0.550 e. The topological polar surface area (TPSA) is 279 Å². The Balaban J connectivity index is -0.0000000250. The van der Waals surface area contributed by atoms with Gasteiger partial charge in [0.2, 0.25) is 0 Å². The second-order valence-electron chi connectivity index (χ2n) is 1.65. The number of aliphatic carboxylic acids is 2. The Labute approximate surface area is 141 Å². The van der Waals surface area contributed by atoms with Gasteiger partial charge in [0.05, 0.1) is 15.3 Å². The first-order chi connectivity index (χ1) is 8.66. The van der Waals surface area contributed by atoms with Gasteiger partial charge in [-0.3, -0.25) is 0 Å². The molecular formula is C4H6Fe2N3O13. The van der Waals surface area contributed by atoms with Gasteiger partial charge in [0.15, 0.2) is 0 Å². The molecule has 0 bridgehead atoms. The molecule has 22 heavy (non-hydrogen) atoms. The number of carbonyl (C=O) groups excluding carboxylic acids is 2. The minimum absolute atomic E-state index is 0. The van der Waals surface area contributed by atoms with Crippen molar-refractivity contribution in [3.05, 3.63) is 46.0 Å². The van der Waals surface area contributed by atoms with E-state index < -0.39 is 27.2 Å². The van der Waals surface area contributed by atoms with Crippen molar-refractivity contribution in [2.75, 3.05) is 0 Å². The molecule has 0 heterocycles. The average Bonchev–Trinajstić information content (AvgIpc) is 1.94. The number of rotatable bonds is 0. The van der Waals surface area contributed by atoms with E-state index in [2.05, 4.69) is 0 Å². The van der Waals surface area contributed by atoms with Gasteiger partial charge in [-0.25, -0.2) is 0 Å². The van der Waals surface area contributed by atoms with Gasteiger partial charge in [-0.05, 0) is 13.8 Å². The third kappa shape index (κ3) is 824. The van der Waals surface area contributed by atoms with Gasteiger partial charge in [0.25, 0.3) is 0 Å². The first-order valence-corrected chi connectivity index (χ1v) is 3.46. The Morgan fingerprint density at radius 3 is 0.636 bits per heavy atom. The summed E-state index contributed by atoms with van der Waals surface area (Å²) in [5.41, 5.74) is 0. The fourth-order valence-electron chi connectivity index (χ4n) is 0. The molecule has 0 atom stereocenters. The molecule has 0 unspecified atom stereocenters. The van der Waals surface area contributed by atoms with Gasteiger partial charge >= 0.3 is 34.1 Å². The number of hydrogen-bond acceptors (Lipinski definition) is 13. The SMILES string of the molecule is CC(=O)[O-].CC(=O)[O-].O=[N+]([O-])[O-].O=[N+]([O-])[O-].O=[N+]([O-])[O-].[Fe+2].[Fe+3]. The van der Waals surface area contributed by atoms with E-state index in [0.717, 1.165) is 13.8 Å². The smallest absolute Gasteiger partial charge is 0.550 e. The summed E-state index contributed by atoms with van der Waals surface area (Å²) in [6, 6.07) is 0. The quantitative estimate of drug-likeness (QED) is 0.214. The summed E-state index contributed by atoms with van der Waals surface area (Å²) in [6.45, 7) is 1.94. The molecule has 0 aromatic rings. The molecule has 0 fully saturated rings. The molecule has 16 nitrogen and oxygen atoms in total. The zero-order valence-corrected chi connectivity index (χ0v) is 12.6. The van der Waals surface area contributed by atoms with Crippen LogP contribution in [-0.4, -0.2) is 27.2 Å². The molecule has 1 radical (unpaired) electrons. The third-order valence-corrected chi connectivity index (χ3v) is 0. The Hall–Kier alpha value is -2.42. The van der Waals surface area contributed by atoms with E-state index in [0.29, 0.717) is 0 Å². The van der Waals surface area contributed by atoms with Crippen LogP contribution in [0.4, 0.5) is 0 Å². The van der Waals surface area contributed by atoms with Crippen LogP contribution < -0.4 is 10.2 Å². The van der Waals surface area contributed by atoms with E-state index in [9.17, 15) is 0 Å². The van der Waals surface area contributed by atoms with Crippen molar-refractivity contribution in [3.8, 4) is 0 Å². The van der Waals surface area contributed by atoms with Gasteiger partial charge in [-0.2, -0.15) is 0 Å². The van der Waals surface area contributed by atoms with Crippen LogP contribution in [0.5, 0.6) is 0 Å². The van der Waals surface area contributed by atoms with Crippen LogP contribution >= 0.6 is 0 Å². The van der Waals surface area contributed by atoms with E-state index in [4.69, 9.17) is 65.8 Å². The van der Waals surface area contributed by atoms with Crippen molar-refractivity contribution in [2.45, 2.75) is 13.8 Å². The van der Waals surface area contributed by atoms with Crippen molar-refractivity contribution >= 4 is 11.9 Å². The number of carbonyl (C=O) groups is 2. The van der Waals surface area contributed by atoms with E-state index >= 15 is 0 Å². The molecule has 0 aromatic heterocycles. The van der Waals surface area contributed by atoms with Crippen LogP contribution in [-0.2, 0) is 43.7 Å². The first-order valence-electron chi connectivity index (χ1n) is 3.46. The molecule has 131 valence electrons. The minimum atomic E-state index is -1.75. The van der Waals surface area contributed by atoms with Crippen LogP contribution in [0.1, 0.15) is 13.8 Å². The molecule has 0 aliphatic carbocycles. The van der Waals surface area contributed by atoms with Crippen molar-refractivity contribution in [1.82, 2.24) is 0 Å². The number of hydrogen-bond donors (Lipinski definition) is 0. The van der Waals surface area contributed by atoms with E-state index in [1.165, 1.54) is 0 Å². The molecule has 0 aromatic carbocycles. The van der Waals surface area contributed by atoms with Gasteiger partial charge in [0.1, 0.15) is 0 Å². The van der Waals surface area contributed by atoms with E-state index in [-0.39, 0.29) is 34.1 Å². The summed E-state index contributed by atoms with van der Waals surface area (Å²) in [4.78, 5) is 42.5. The maximum absolute atomic E-state index is 8.89. The molecule has 0 saturated carbocycles. The fraction of sp³-hybridized carbons (Fsp3) is 0.500. The largest absolute Gasteiger partial charge is 3.00 e. The molecule has 0 aliphatic rings. The van der Waals surface area contributed by atoms with Crippen molar-refractivity contribution in [1.29, 1.82) is 0 Å². The van der Waals surface area contributed by atoms with Crippen LogP contribution in [0.3, 0.4) is 0 Å². The Morgan fingerprint density at radius 2 is 0.636 bits per heavy atom. The third-order valence-electron chi connectivity index (χ3n) is 0. The van der Waals surface area contributed by atoms with E-state index in [1.54, 1.807) is 0 Å². The maximum atomic E-state index is 8.89. The molecule has 0 aliphatic heterocycles. The van der Waals surface area contributed by atoms with Crippen LogP contribution in [0, 0.1) is 46.0 Å².